The van der Waals surface area contributed by atoms with Gasteiger partial charge in [-0.3, -0.25) is 4.79 Å². The second-order valence-electron chi connectivity index (χ2n) is 4.65. The van der Waals surface area contributed by atoms with Crippen LogP contribution in [-0.2, 0) is 11.2 Å². The first-order valence-corrected chi connectivity index (χ1v) is 6.27. The summed E-state index contributed by atoms with van der Waals surface area (Å²) in [5, 5.41) is 2.79. The van der Waals surface area contributed by atoms with E-state index in [4.69, 9.17) is 10.5 Å². The summed E-state index contributed by atoms with van der Waals surface area (Å²) in [6, 6.07) is 9.32. The summed E-state index contributed by atoms with van der Waals surface area (Å²) >= 11 is 0. The van der Waals surface area contributed by atoms with Crippen molar-refractivity contribution in [1.29, 1.82) is 0 Å². The summed E-state index contributed by atoms with van der Waals surface area (Å²) < 4.78 is 18.8. The maximum absolute atomic E-state index is 13.2. The molecular weight excluding hydrogens is 259 g/mol. The molecule has 1 heterocycles. The highest BCUT2D eigenvalue weighted by molar-refractivity contribution is 5.94. The Morgan fingerprint density at radius 3 is 2.85 bits per heavy atom. The SMILES string of the molecule is Nc1ccc(F)cc1Oc1ccc2c(c1)CCC(=O)N2. The van der Waals surface area contributed by atoms with Crippen LogP contribution in [0.15, 0.2) is 36.4 Å². The lowest BCUT2D eigenvalue weighted by Gasteiger charge is -2.18. The van der Waals surface area contributed by atoms with Crippen molar-refractivity contribution >= 4 is 17.3 Å². The van der Waals surface area contributed by atoms with Crippen molar-refractivity contribution < 1.29 is 13.9 Å². The van der Waals surface area contributed by atoms with Crippen LogP contribution in [-0.4, -0.2) is 5.91 Å². The fraction of sp³-hybridized carbons (Fsp3) is 0.133. The minimum absolute atomic E-state index is 0.0144. The van der Waals surface area contributed by atoms with Crippen LogP contribution in [0.4, 0.5) is 15.8 Å². The van der Waals surface area contributed by atoms with Crippen molar-refractivity contribution in [2.45, 2.75) is 12.8 Å². The fourth-order valence-corrected chi connectivity index (χ4v) is 2.15. The van der Waals surface area contributed by atoms with E-state index in [0.717, 1.165) is 11.3 Å². The Kier molecular flexibility index (Phi) is 3.02. The first-order valence-electron chi connectivity index (χ1n) is 6.27. The van der Waals surface area contributed by atoms with Crippen molar-refractivity contribution in [2.75, 3.05) is 11.1 Å². The fourth-order valence-electron chi connectivity index (χ4n) is 2.15. The Morgan fingerprint density at radius 2 is 2.00 bits per heavy atom. The maximum Gasteiger partial charge on any atom is 0.224 e. The molecule has 0 aliphatic carbocycles. The zero-order valence-electron chi connectivity index (χ0n) is 10.7. The van der Waals surface area contributed by atoms with Crippen LogP contribution < -0.4 is 15.8 Å². The van der Waals surface area contributed by atoms with E-state index in [1.54, 1.807) is 12.1 Å². The summed E-state index contributed by atoms with van der Waals surface area (Å²) in [6.45, 7) is 0. The van der Waals surface area contributed by atoms with Crippen LogP contribution in [0.1, 0.15) is 12.0 Å². The summed E-state index contributed by atoms with van der Waals surface area (Å²) in [5.74, 6) is 0.460. The molecule has 0 saturated carbocycles. The van der Waals surface area contributed by atoms with Crippen LogP contribution in [0.25, 0.3) is 0 Å². The third-order valence-corrected chi connectivity index (χ3v) is 3.18. The van der Waals surface area contributed by atoms with Gasteiger partial charge in [-0.1, -0.05) is 0 Å². The average Bonchev–Trinajstić information content (AvgIpc) is 2.43. The predicted molar refractivity (Wildman–Crippen MR) is 74.3 cm³/mol. The van der Waals surface area contributed by atoms with E-state index >= 15 is 0 Å². The summed E-state index contributed by atoms with van der Waals surface area (Å²) in [4.78, 5) is 11.3. The van der Waals surface area contributed by atoms with E-state index in [0.29, 0.717) is 24.3 Å². The molecule has 0 spiro atoms. The van der Waals surface area contributed by atoms with E-state index in [2.05, 4.69) is 5.32 Å². The standard InChI is InChI=1S/C15H13FN2O2/c16-10-2-4-12(17)14(8-10)20-11-3-5-13-9(7-11)1-6-15(19)18-13/h2-5,7-8H,1,6,17H2,(H,18,19). The molecule has 0 atom stereocenters. The topological polar surface area (TPSA) is 64.3 Å². The Bertz CT molecular complexity index is 686. The highest BCUT2D eigenvalue weighted by Crippen LogP contribution is 2.32. The number of hydrogen-bond donors (Lipinski definition) is 2. The molecule has 0 bridgehead atoms. The van der Waals surface area contributed by atoms with Crippen molar-refractivity contribution in [3.63, 3.8) is 0 Å². The molecule has 0 aromatic heterocycles. The first kappa shape index (κ1) is 12.5. The lowest BCUT2D eigenvalue weighted by molar-refractivity contribution is -0.116. The molecule has 102 valence electrons. The molecule has 0 radical (unpaired) electrons. The number of fused-ring (bicyclic) bond motifs is 1. The number of nitrogens with two attached hydrogens (primary N) is 1. The lowest BCUT2D eigenvalue weighted by atomic mass is 10.0. The minimum atomic E-state index is -0.403. The normalized spacial score (nSPS) is 13.6. The van der Waals surface area contributed by atoms with E-state index in [1.807, 2.05) is 6.07 Å². The second-order valence-corrected chi connectivity index (χ2v) is 4.65. The maximum atomic E-state index is 13.2. The van der Waals surface area contributed by atoms with Crippen molar-refractivity contribution in [3.8, 4) is 11.5 Å². The molecule has 0 fully saturated rings. The molecule has 4 nitrogen and oxygen atoms in total. The number of rotatable bonds is 2. The molecule has 3 N–H and O–H groups in total. The van der Waals surface area contributed by atoms with Crippen LogP contribution in [0.2, 0.25) is 0 Å². The van der Waals surface area contributed by atoms with Gasteiger partial charge < -0.3 is 15.8 Å². The van der Waals surface area contributed by atoms with Gasteiger partial charge in [0.05, 0.1) is 5.69 Å². The van der Waals surface area contributed by atoms with Gasteiger partial charge in [-0.25, -0.2) is 4.39 Å². The molecule has 0 saturated heterocycles. The summed E-state index contributed by atoms with van der Waals surface area (Å²) in [7, 11) is 0. The number of halogens is 1. The summed E-state index contributed by atoms with van der Waals surface area (Å²) in [6.07, 6.45) is 1.12. The first-order chi connectivity index (χ1) is 9.61. The van der Waals surface area contributed by atoms with Gasteiger partial charge in [0.25, 0.3) is 0 Å². The molecule has 2 aromatic rings. The number of nitrogens with one attached hydrogen (secondary N) is 1. The molecule has 1 amide bonds. The number of anilines is 2. The van der Waals surface area contributed by atoms with Crippen LogP contribution in [0, 0.1) is 5.82 Å². The van der Waals surface area contributed by atoms with Gasteiger partial charge in [0.15, 0.2) is 5.75 Å². The number of aryl methyl sites for hydroxylation is 1. The Balaban J connectivity index is 1.88. The van der Waals surface area contributed by atoms with Gasteiger partial charge in [-0.05, 0) is 42.3 Å². The van der Waals surface area contributed by atoms with E-state index < -0.39 is 5.82 Å². The van der Waals surface area contributed by atoms with E-state index in [-0.39, 0.29) is 11.7 Å². The van der Waals surface area contributed by atoms with Gasteiger partial charge in [0.1, 0.15) is 11.6 Å². The molecule has 5 heteroatoms. The van der Waals surface area contributed by atoms with Gasteiger partial charge in [-0.2, -0.15) is 0 Å². The van der Waals surface area contributed by atoms with Crippen molar-refractivity contribution in [2.24, 2.45) is 0 Å². The molecule has 0 unspecified atom stereocenters. The zero-order valence-corrected chi connectivity index (χ0v) is 10.7. The monoisotopic (exact) mass is 272 g/mol. The van der Waals surface area contributed by atoms with Crippen LogP contribution in [0.3, 0.4) is 0 Å². The van der Waals surface area contributed by atoms with Gasteiger partial charge in [0, 0.05) is 18.2 Å². The smallest absolute Gasteiger partial charge is 0.224 e. The van der Waals surface area contributed by atoms with E-state index in [1.165, 1.54) is 18.2 Å². The molecule has 3 rings (SSSR count). The van der Waals surface area contributed by atoms with Crippen molar-refractivity contribution in [3.05, 3.63) is 47.8 Å². The van der Waals surface area contributed by atoms with Crippen LogP contribution >= 0.6 is 0 Å². The molecule has 1 aliphatic rings. The Morgan fingerprint density at radius 1 is 1.15 bits per heavy atom. The number of carbonyl (C=O) groups is 1. The molecule has 1 aliphatic heterocycles. The zero-order chi connectivity index (χ0) is 14.1. The third kappa shape index (κ3) is 2.42. The van der Waals surface area contributed by atoms with Crippen LogP contribution in [0.5, 0.6) is 11.5 Å². The lowest BCUT2D eigenvalue weighted by Crippen LogP contribution is -2.18. The van der Waals surface area contributed by atoms with Gasteiger partial charge >= 0.3 is 0 Å². The highest BCUT2D eigenvalue weighted by Gasteiger charge is 2.15. The minimum Gasteiger partial charge on any atom is -0.455 e. The number of amides is 1. The van der Waals surface area contributed by atoms with Gasteiger partial charge in [-0.15, -0.1) is 0 Å². The Labute approximate surface area is 115 Å². The average molecular weight is 272 g/mol. The summed E-state index contributed by atoms with van der Waals surface area (Å²) in [5.41, 5.74) is 7.91. The van der Waals surface area contributed by atoms with Gasteiger partial charge in [0.2, 0.25) is 5.91 Å². The van der Waals surface area contributed by atoms with E-state index in [9.17, 15) is 9.18 Å². The largest absolute Gasteiger partial charge is 0.455 e. The number of benzene rings is 2. The number of ether oxygens (including phenoxy) is 1. The number of carbonyl (C=O) groups excluding carboxylic acids is 1. The Hall–Kier alpha value is -2.56. The van der Waals surface area contributed by atoms with Crippen molar-refractivity contribution in [1.82, 2.24) is 0 Å². The highest BCUT2D eigenvalue weighted by atomic mass is 19.1. The molecule has 2 aromatic carbocycles. The third-order valence-electron chi connectivity index (χ3n) is 3.18. The number of hydrogen-bond acceptors (Lipinski definition) is 3. The molecular formula is C15H13FN2O2. The number of nitrogen functional groups attached to an aromatic ring is 1. The molecule has 20 heavy (non-hydrogen) atoms. The predicted octanol–water partition coefficient (Wildman–Crippen LogP) is 3.08. The quantitative estimate of drug-likeness (QED) is 0.826. The second kappa shape index (κ2) is 4.85.